The van der Waals surface area contributed by atoms with Gasteiger partial charge in [0.05, 0.1) is 19.5 Å². The van der Waals surface area contributed by atoms with Crippen molar-refractivity contribution in [2.45, 2.75) is 39.2 Å². The molecular weight excluding hydrogens is 366 g/mol. The van der Waals surface area contributed by atoms with Gasteiger partial charge in [0, 0.05) is 23.6 Å². The summed E-state index contributed by atoms with van der Waals surface area (Å²) in [5.74, 6) is 1.92. The van der Waals surface area contributed by atoms with Crippen LogP contribution in [0.3, 0.4) is 0 Å². The van der Waals surface area contributed by atoms with Crippen molar-refractivity contribution in [1.29, 1.82) is 0 Å². The van der Waals surface area contributed by atoms with E-state index in [0.717, 1.165) is 24.6 Å². The van der Waals surface area contributed by atoms with Crippen LogP contribution in [0.25, 0.3) is 0 Å². The molecule has 0 saturated heterocycles. The first-order valence-corrected chi connectivity index (χ1v) is 9.86. The molecule has 0 spiro atoms. The molecule has 0 heterocycles. The standard InChI is InChI=1S/C22H29O4P.Li.H/c1-5-6-10-15(2)21(20(23)16-11-8-7-9-12-16)26-17-13-18(24-3)22(27)19(14-17)25-4;;/h7-9,11-15,21H,5-6,10,27H2,1-4H3;;/q;+1;-1. The summed E-state index contributed by atoms with van der Waals surface area (Å²) in [5.41, 5.74) is 0.660. The van der Waals surface area contributed by atoms with Crippen molar-refractivity contribution in [2.24, 2.45) is 5.92 Å². The van der Waals surface area contributed by atoms with Gasteiger partial charge in [0.25, 0.3) is 0 Å². The van der Waals surface area contributed by atoms with E-state index in [4.69, 9.17) is 14.2 Å². The Morgan fingerprint density at radius 3 is 2.18 bits per heavy atom. The number of methoxy groups -OCH3 is 2. The first kappa shape index (κ1) is 24.6. The molecule has 6 heteroatoms. The summed E-state index contributed by atoms with van der Waals surface area (Å²) in [6, 6.07) is 12.9. The SMILES string of the molecule is CCCCC(C)C(Oc1cc(OC)c(P)c(OC)c1)C(=O)c1ccccc1.[H-].[Li+]. The van der Waals surface area contributed by atoms with Crippen LogP contribution in [0.2, 0.25) is 0 Å². The van der Waals surface area contributed by atoms with Gasteiger partial charge in [-0.2, -0.15) is 0 Å². The average molecular weight is 396 g/mol. The van der Waals surface area contributed by atoms with Crippen LogP contribution in [0.15, 0.2) is 42.5 Å². The Morgan fingerprint density at radius 2 is 1.68 bits per heavy atom. The topological polar surface area (TPSA) is 44.8 Å². The molecule has 0 saturated carbocycles. The fourth-order valence-electron chi connectivity index (χ4n) is 3.00. The van der Waals surface area contributed by atoms with Crippen molar-refractivity contribution in [3.05, 3.63) is 48.0 Å². The number of benzene rings is 2. The first-order valence-electron chi connectivity index (χ1n) is 9.29. The minimum Gasteiger partial charge on any atom is -1.00 e. The van der Waals surface area contributed by atoms with Gasteiger partial charge < -0.3 is 15.6 Å². The van der Waals surface area contributed by atoms with E-state index in [1.807, 2.05) is 30.3 Å². The third-order valence-corrected chi connectivity index (χ3v) is 5.20. The molecule has 3 atom stereocenters. The molecule has 2 aromatic rings. The Balaban J connectivity index is 0.00000392. The summed E-state index contributed by atoms with van der Waals surface area (Å²) < 4.78 is 17.0. The number of ether oxygens (including phenoxy) is 3. The second kappa shape index (κ2) is 12.2. The summed E-state index contributed by atoms with van der Waals surface area (Å²) in [6.07, 6.45) is 2.50. The second-order valence-electron chi connectivity index (χ2n) is 6.63. The van der Waals surface area contributed by atoms with Crippen LogP contribution < -0.4 is 38.4 Å². The predicted octanol–water partition coefficient (Wildman–Crippen LogP) is 1.78. The molecule has 0 aromatic heterocycles. The number of hydrogen-bond donors (Lipinski definition) is 0. The minimum atomic E-state index is -0.566. The molecule has 0 aliphatic rings. The van der Waals surface area contributed by atoms with Crippen LogP contribution in [-0.4, -0.2) is 26.1 Å². The van der Waals surface area contributed by atoms with Crippen LogP contribution in [0.5, 0.6) is 17.2 Å². The average Bonchev–Trinajstić information content (AvgIpc) is 2.71. The Kier molecular flexibility index (Phi) is 10.7. The fraction of sp³-hybridized carbons (Fsp3) is 0.409. The molecule has 28 heavy (non-hydrogen) atoms. The number of rotatable bonds is 10. The van der Waals surface area contributed by atoms with Gasteiger partial charge in [-0.1, -0.05) is 66.3 Å². The van der Waals surface area contributed by atoms with Gasteiger partial charge in [-0.05, 0) is 6.42 Å². The molecule has 0 bridgehead atoms. The Bertz CT molecular complexity index is 733. The summed E-state index contributed by atoms with van der Waals surface area (Å²) >= 11 is 0. The van der Waals surface area contributed by atoms with Crippen LogP contribution >= 0.6 is 9.24 Å². The van der Waals surface area contributed by atoms with Gasteiger partial charge >= 0.3 is 18.9 Å². The van der Waals surface area contributed by atoms with Crippen LogP contribution in [-0.2, 0) is 0 Å². The van der Waals surface area contributed by atoms with Crippen molar-refractivity contribution in [2.75, 3.05) is 14.2 Å². The maximum absolute atomic E-state index is 13.1. The fourth-order valence-corrected chi connectivity index (χ4v) is 3.40. The van der Waals surface area contributed by atoms with Crippen molar-refractivity contribution < 1.29 is 39.3 Å². The number of unbranched alkanes of at least 4 members (excludes halogenated alkanes) is 1. The Labute approximate surface area is 184 Å². The largest absolute Gasteiger partial charge is 1.00 e. The molecule has 0 aliphatic heterocycles. The number of ketones is 1. The van der Waals surface area contributed by atoms with Gasteiger partial charge in [-0.15, -0.1) is 0 Å². The Hall–Kier alpha value is -1.46. The third kappa shape index (κ3) is 6.28. The van der Waals surface area contributed by atoms with E-state index in [2.05, 4.69) is 23.1 Å². The molecule has 2 aromatic carbocycles. The van der Waals surface area contributed by atoms with E-state index in [1.165, 1.54) is 0 Å². The van der Waals surface area contributed by atoms with Crippen LogP contribution in [0.1, 0.15) is 44.9 Å². The third-order valence-electron chi connectivity index (χ3n) is 4.63. The van der Waals surface area contributed by atoms with Crippen molar-refractivity contribution in [3.63, 3.8) is 0 Å². The predicted molar refractivity (Wildman–Crippen MR) is 114 cm³/mol. The van der Waals surface area contributed by atoms with Gasteiger partial charge in [-0.25, -0.2) is 0 Å². The van der Waals surface area contributed by atoms with Crippen molar-refractivity contribution in [1.82, 2.24) is 0 Å². The molecule has 0 aliphatic carbocycles. The summed E-state index contributed by atoms with van der Waals surface area (Å²) in [5, 5.41) is 0.817. The molecule has 0 fully saturated rings. The van der Waals surface area contributed by atoms with E-state index in [9.17, 15) is 4.79 Å². The van der Waals surface area contributed by atoms with E-state index in [0.29, 0.717) is 22.8 Å². The number of carbonyl (C=O) groups excluding carboxylic acids is 1. The zero-order chi connectivity index (χ0) is 19.8. The van der Waals surface area contributed by atoms with E-state index < -0.39 is 6.10 Å². The summed E-state index contributed by atoms with van der Waals surface area (Å²) in [6.45, 7) is 4.22. The van der Waals surface area contributed by atoms with E-state index >= 15 is 0 Å². The number of carbonyl (C=O) groups is 1. The van der Waals surface area contributed by atoms with E-state index in [1.54, 1.807) is 26.4 Å². The normalized spacial score (nSPS) is 12.5. The Morgan fingerprint density at radius 1 is 1.11 bits per heavy atom. The molecule has 2 rings (SSSR count). The zero-order valence-corrected chi connectivity index (χ0v) is 18.7. The quantitative estimate of drug-likeness (QED) is 0.349. The maximum Gasteiger partial charge on any atom is 1.00 e. The minimum absolute atomic E-state index is 0. The molecule has 148 valence electrons. The molecule has 0 N–H and O–H groups in total. The van der Waals surface area contributed by atoms with Gasteiger partial charge in [0.15, 0.2) is 6.10 Å². The second-order valence-corrected chi connectivity index (χ2v) is 7.21. The van der Waals surface area contributed by atoms with Gasteiger partial charge in [0.1, 0.15) is 17.2 Å². The summed E-state index contributed by atoms with van der Waals surface area (Å²) in [7, 11) is 5.81. The zero-order valence-electron chi connectivity index (χ0n) is 18.5. The smallest absolute Gasteiger partial charge is 1.00 e. The van der Waals surface area contributed by atoms with Gasteiger partial charge in [0.2, 0.25) is 5.78 Å². The maximum atomic E-state index is 13.1. The summed E-state index contributed by atoms with van der Waals surface area (Å²) in [4.78, 5) is 13.1. The van der Waals surface area contributed by atoms with Crippen LogP contribution in [0, 0.1) is 5.92 Å². The van der Waals surface area contributed by atoms with Gasteiger partial charge in [-0.3, -0.25) is 4.79 Å². The number of hydrogen-bond acceptors (Lipinski definition) is 4. The molecule has 0 radical (unpaired) electrons. The van der Waals surface area contributed by atoms with E-state index in [-0.39, 0.29) is 32.0 Å². The first-order chi connectivity index (χ1) is 13.0. The molecular formula is C22H30LiO4P. The number of Topliss-reactive ketones (excluding diaryl/α,β-unsaturated/α-hetero) is 1. The molecule has 4 nitrogen and oxygen atoms in total. The van der Waals surface area contributed by atoms with Crippen molar-refractivity contribution in [3.8, 4) is 17.2 Å². The monoisotopic (exact) mass is 396 g/mol. The molecule has 3 unspecified atom stereocenters. The van der Waals surface area contributed by atoms with Crippen molar-refractivity contribution >= 4 is 20.3 Å². The van der Waals surface area contributed by atoms with Crippen LogP contribution in [0.4, 0.5) is 0 Å². The molecule has 0 amide bonds.